The Hall–Kier alpha value is -2.49. The number of anilines is 1. The topological polar surface area (TPSA) is 61.3 Å². The average Bonchev–Trinajstić information content (AvgIpc) is 2.88. The Morgan fingerprint density at radius 1 is 1.20 bits per heavy atom. The molecule has 0 amide bonds. The molecule has 3 rings (SSSR count). The van der Waals surface area contributed by atoms with E-state index in [-0.39, 0.29) is 0 Å². The Morgan fingerprint density at radius 2 is 2.10 bits per heavy atom. The molecule has 0 unspecified atom stereocenters. The third-order valence-corrected chi connectivity index (χ3v) is 2.97. The lowest BCUT2D eigenvalue weighted by Crippen LogP contribution is -1.94. The summed E-state index contributed by atoms with van der Waals surface area (Å²) in [7, 11) is 0. The van der Waals surface area contributed by atoms with Gasteiger partial charge < -0.3 is 14.9 Å². The van der Waals surface area contributed by atoms with Crippen LogP contribution in [0.1, 0.15) is 13.3 Å². The number of fused-ring (bicyclic) bond motifs is 1. The van der Waals surface area contributed by atoms with E-state index in [1.165, 1.54) is 0 Å². The summed E-state index contributed by atoms with van der Waals surface area (Å²) in [4.78, 5) is 4.46. The second-order valence-electron chi connectivity index (χ2n) is 4.62. The molecule has 0 saturated carbocycles. The van der Waals surface area contributed by atoms with Crippen LogP contribution in [0.2, 0.25) is 0 Å². The van der Waals surface area contributed by atoms with E-state index in [1.54, 1.807) is 12.1 Å². The number of nitrogens with two attached hydrogens (primary N) is 1. The first-order valence-electron chi connectivity index (χ1n) is 6.65. The summed E-state index contributed by atoms with van der Waals surface area (Å²) in [6.07, 6.45) is 0.979. The third kappa shape index (κ3) is 2.45. The van der Waals surface area contributed by atoms with Gasteiger partial charge in [0, 0.05) is 11.3 Å². The zero-order valence-electron chi connectivity index (χ0n) is 11.3. The monoisotopic (exact) mass is 268 g/mol. The van der Waals surface area contributed by atoms with Crippen LogP contribution >= 0.6 is 0 Å². The van der Waals surface area contributed by atoms with Crippen LogP contribution in [0.25, 0.3) is 22.6 Å². The third-order valence-electron chi connectivity index (χ3n) is 2.97. The number of aromatic nitrogens is 1. The standard InChI is InChI=1S/C16H16N2O2/c1-2-8-19-13-5-3-4-11(9-13)16-18-14-10-12(17)6-7-15(14)20-16/h3-7,9-10H,2,8,17H2,1H3. The normalized spacial score (nSPS) is 10.8. The van der Waals surface area contributed by atoms with Crippen LogP contribution in [0.5, 0.6) is 5.75 Å². The van der Waals surface area contributed by atoms with Gasteiger partial charge in [-0.05, 0) is 42.8 Å². The predicted octanol–water partition coefficient (Wildman–Crippen LogP) is 3.87. The highest BCUT2D eigenvalue weighted by Crippen LogP contribution is 2.27. The van der Waals surface area contributed by atoms with Gasteiger partial charge in [-0.3, -0.25) is 0 Å². The van der Waals surface area contributed by atoms with Gasteiger partial charge in [0.15, 0.2) is 5.58 Å². The van der Waals surface area contributed by atoms with E-state index in [2.05, 4.69) is 11.9 Å². The molecule has 0 fully saturated rings. The van der Waals surface area contributed by atoms with Crippen molar-refractivity contribution in [1.29, 1.82) is 0 Å². The molecule has 4 heteroatoms. The van der Waals surface area contributed by atoms with E-state index in [0.29, 0.717) is 18.2 Å². The number of hydrogen-bond acceptors (Lipinski definition) is 4. The molecule has 102 valence electrons. The summed E-state index contributed by atoms with van der Waals surface area (Å²) in [6, 6.07) is 13.2. The lowest BCUT2D eigenvalue weighted by atomic mass is 10.2. The minimum atomic E-state index is 0.576. The van der Waals surface area contributed by atoms with Crippen molar-refractivity contribution < 1.29 is 9.15 Å². The number of ether oxygens (including phenoxy) is 1. The maximum atomic E-state index is 5.75. The number of rotatable bonds is 4. The average molecular weight is 268 g/mol. The highest BCUT2D eigenvalue weighted by atomic mass is 16.5. The lowest BCUT2D eigenvalue weighted by Gasteiger charge is -2.04. The maximum Gasteiger partial charge on any atom is 0.227 e. The molecule has 0 atom stereocenters. The fourth-order valence-electron chi connectivity index (χ4n) is 2.01. The summed E-state index contributed by atoms with van der Waals surface area (Å²) < 4.78 is 11.4. The smallest absolute Gasteiger partial charge is 0.227 e. The number of nitrogens with zero attached hydrogens (tertiary/aromatic N) is 1. The molecule has 2 aromatic carbocycles. The summed E-state index contributed by atoms with van der Waals surface area (Å²) in [5.74, 6) is 1.40. The van der Waals surface area contributed by atoms with E-state index >= 15 is 0 Å². The first kappa shape index (κ1) is 12.5. The van der Waals surface area contributed by atoms with E-state index in [9.17, 15) is 0 Å². The summed E-state index contributed by atoms with van der Waals surface area (Å²) >= 11 is 0. The van der Waals surface area contributed by atoms with E-state index < -0.39 is 0 Å². The summed E-state index contributed by atoms with van der Waals surface area (Å²) in [5, 5.41) is 0. The second-order valence-corrected chi connectivity index (χ2v) is 4.62. The number of benzene rings is 2. The largest absolute Gasteiger partial charge is 0.494 e. The molecule has 0 aliphatic rings. The Balaban J connectivity index is 1.97. The molecule has 1 aromatic heterocycles. The van der Waals surface area contributed by atoms with E-state index in [4.69, 9.17) is 14.9 Å². The lowest BCUT2D eigenvalue weighted by molar-refractivity contribution is 0.317. The molecule has 0 saturated heterocycles. The molecule has 0 spiro atoms. The molecule has 0 aliphatic carbocycles. The van der Waals surface area contributed by atoms with Gasteiger partial charge >= 0.3 is 0 Å². The van der Waals surface area contributed by atoms with Crippen molar-refractivity contribution in [1.82, 2.24) is 4.98 Å². The number of hydrogen-bond donors (Lipinski definition) is 1. The van der Waals surface area contributed by atoms with E-state index in [1.807, 2.05) is 30.3 Å². The zero-order chi connectivity index (χ0) is 13.9. The van der Waals surface area contributed by atoms with Gasteiger partial charge in [-0.2, -0.15) is 0 Å². The van der Waals surface area contributed by atoms with Crippen LogP contribution in [-0.4, -0.2) is 11.6 Å². The summed E-state index contributed by atoms with van der Waals surface area (Å²) in [5.41, 5.74) is 8.82. The van der Waals surface area contributed by atoms with Crippen LogP contribution < -0.4 is 10.5 Å². The van der Waals surface area contributed by atoms with Gasteiger partial charge in [0.2, 0.25) is 5.89 Å². The fourth-order valence-corrected chi connectivity index (χ4v) is 2.01. The van der Waals surface area contributed by atoms with Gasteiger partial charge in [0.25, 0.3) is 0 Å². The molecule has 4 nitrogen and oxygen atoms in total. The van der Waals surface area contributed by atoms with Crippen molar-refractivity contribution in [3.8, 4) is 17.2 Å². The Bertz CT molecular complexity index is 734. The first-order chi connectivity index (χ1) is 9.76. The van der Waals surface area contributed by atoms with E-state index in [0.717, 1.165) is 28.8 Å². The second kappa shape index (κ2) is 5.25. The Kier molecular flexibility index (Phi) is 3.29. The first-order valence-corrected chi connectivity index (χ1v) is 6.65. The van der Waals surface area contributed by atoms with Gasteiger partial charge in [-0.25, -0.2) is 4.98 Å². The van der Waals surface area contributed by atoms with Gasteiger partial charge in [0.05, 0.1) is 6.61 Å². The number of oxazole rings is 1. The minimum absolute atomic E-state index is 0.576. The van der Waals surface area contributed by atoms with Gasteiger partial charge in [-0.1, -0.05) is 13.0 Å². The molecule has 0 bridgehead atoms. The van der Waals surface area contributed by atoms with Crippen LogP contribution in [0.3, 0.4) is 0 Å². The predicted molar refractivity (Wildman–Crippen MR) is 79.6 cm³/mol. The summed E-state index contributed by atoms with van der Waals surface area (Å²) in [6.45, 7) is 2.78. The molecule has 1 heterocycles. The molecule has 0 radical (unpaired) electrons. The molecular weight excluding hydrogens is 252 g/mol. The van der Waals surface area contributed by atoms with Crippen molar-refractivity contribution in [2.24, 2.45) is 0 Å². The molecular formula is C16H16N2O2. The van der Waals surface area contributed by atoms with Crippen molar-refractivity contribution in [3.05, 3.63) is 42.5 Å². The van der Waals surface area contributed by atoms with Crippen molar-refractivity contribution in [2.75, 3.05) is 12.3 Å². The van der Waals surface area contributed by atoms with Crippen LogP contribution in [0.15, 0.2) is 46.9 Å². The zero-order valence-corrected chi connectivity index (χ0v) is 11.3. The molecule has 3 aromatic rings. The quantitative estimate of drug-likeness (QED) is 0.730. The Morgan fingerprint density at radius 3 is 2.95 bits per heavy atom. The van der Waals surface area contributed by atoms with Crippen molar-refractivity contribution >= 4 is 16.8 Å². The van der Waals surface area contributed by atoms with Crippen LogP contribution in [-0.2, 0) is 0 Å². The van der Waals surface area contributed by atoms with Crippen molar-refractivity contribution in [2.45, 2.75) is 13.3 Å². The number of nitrogen functional groups attached to an aromatic ring is 1. The van der Waals surface area contributed by atoms with Crippen LogP contribution in [0.4, 0.5) is 5.69 Å². The van der Waals surface area contributed by atoms with Crippen molar-refractivity contribution in [3.63, 3.8) is 0 Å². The Labute approximate surface area is 117 Å². The fraction of sp³-hybridized carbons (Fsp3) is 0.188. The molecule has 2 N–H and O–H groups in total. The molecule has 0 aliphatic heterocycles. The van der Waals surface area contributed by atoms with Gasteiger partial charge in [0.1, 0.15) is 11.3 Å². The van der Waals surface area contributed by atoms with Crippen LogP contribution in [0, 0.1) is 0 Å². The highest BCUT2D eigenvalue weighted by Gasteiger charge is 2.09. The minimum Gasteiger partial charge on any atom is -0.494 e. The highest BCUT2D eigenvalue weighted by molar-refractivity contribution is 5.79. The SMILES string of the molecule is CCCOc1cccc(-c2nc3cc(N)ccc3o2)c1. The molecule has 20 heavy (non-hydrogen) atoms. The maximum absolute atomic E-state index is 5.75. The van der Waals surface area contributed by atoms with Gasteiger partial charge in [-0.15, -0.1) is 0 Å².